The minimum Gasteiger partial charge on any atom is -0.392 e. The Morgan fingerprint density at radius 3 is 2.68 bits per heavy atom. The maximum Gasteiger partial charge on any atom is 0.238 e. The van der Waals surface area contributed by atoms with Gasteiger partial charge in [-0.1, -0.05) is 30.1 Å². The fraction of sp³-hybridized carbons (Fsp3) is 0.462. The van der Waals surface area contributed by atoms with Gasteiger partial charge >= 0.3 is 0 Å². The third kappa shape index (κ3) is 5.78. The highest BCUT2D eigenvalue weighted by atomic mass is 35.5. The molecule has 1 atom stereocenters. The van der Waals surface area contributed by atoms with Crippen LogP contribution in [0.3, 0.4) is 0 Å². The molecule has 0 aliphatic rings. The molecule has 106 valence electrons. The number of amides is 1. The standard InChI is InChI=1S/C13H18Cl2N2O2/c1-3-10(18)7-17(2)8-13(19)16-9-4-5-11(14)12(15)6-9/h4-6,10,18H,3,7-8H2,1-2H3,(H,16,19). The normalized spacial score (nSPS) is 12.5. The van der Waals surface area contributed by atoms with Gasteiger partial charge in [0.05, 0.1) is 22.7 Å². The number of anilines is 1. The molecule has 0 aliphatic carbocycles. The molecule has 0 heterocycles. The monoisotopic (exact) mass is 304 g/mol. The molecule has 0 aromatic heterocycles. The zero-order chi connectivity index (χ0) is 14.4. The molecule has 0 bridgehead atoms. The van der Waals surface area contributed by atoms with E-state index in [0.29, 0.717) is 28.7 Å². The Morgan fingerprint density at radius 2 is 2.11 bits per heavy atom. The van der Waals surface area contributed by atoms with Gasteiger partial charge in [0.15, 0.2) is 0 Å². The van der Waals surface area contributed by atoms with E-state index in [1.165, 1.54) is 0 Å². The molecular formula is C13H18Cl2N2O2. The van der Waals surface area contributed by atoms with Gasteiger partial charge in [0.2, 0.25) is 5.91 Å². The Bertz CT molecular complexity index is 441. The van der Waals surface area contributed by atoms with Crippen LogP contribution < -0.4 is 5.32 Å². The predicted molar refractivity (Wildman–Crippen MR) is 78.9 cm³/mol. The van der Waals surface area contributed by atoms with Gasteiger partial charge in [-0.25, -0.2) is 0 Å². The van der Waals surface area contributed by atoms with Crippen LogP contribution in [0.2, 0.25) is 10.0 Å². The number of hydrogen-bond donors (Lipinski definition) is 2. The number of aliphatic hydroxyl groups excluding tert-OH is 1. The Morgan fingerprint density at radius 1 is 1.42 bits per heavy atom. The van der Waals surface area contributed by atoms with Gasteiger partial charge < -0.3 is 10.4 Å². The molecule has 2 N–H and O–H groups in total. The second-order valence-corrected chi connectivity index (χ2v) is 5.25. The van der Waals surface area contributed by atoms with Crippen molar-refractivity contribution in [3.63, 3.8) is 0 Å². The molecule has 0 saturated carbocycles. The summed E-state index contributed by atoms with van der Waals surface area (Å²) < 4.78 is 0. The van der Waals surface area contributed by atoms with Crippen molar-refractivity contribution in [3.05, 3.63) is 28.2 Å². The maximum absolute atomic E-state index is 11.8. The van der Waals surface area contributed by atoms with Crippen LogP contribution in [0.1, 0.15) is 13.3 Å². The molecule has 1 amide bonds. The minimum atomic E-state index is -0.414. The van der Waals surface area contributed by atoms with Crippen LogP contribution in [0.15, 0.2) is 18.2 Å². The molecular weight excluding hydrogens is 287 g/mol. The van der Waals surface area contributed by atoms with Gasteiger partial charge in [0, 0.05) is 12.2 Å². The summed E-state index contributed by atoms with van der Waals surface area (Å²) in [5.74, 6) is -0.163. The topological polar surface area (TPSA) is 52.6 Å². The van der Waals surface area contributed by atoms with Crippen LogP contribution in [0, 0.1) is 0 Å². The van der Waals surface area contributed by atoms with E-state index < -0.39 is 6.10 Å². The van der Waals surface area contributed by atoms with E-state index in [-0.39, 0.29) is 12.5 Å². The molecule has 1 aromatic rings. The van der Waals surface area contributed by atoms with E-state index in [1.54, 1.807) is 30.1 Å². The van der Waals surface area contributed by atoms with E-state index in [4.69, 9.17) is 23.2 Å². The van der Waals surface area contributed by atoms with E-state index in [2.05, 4.69) is 5.32 Å². The largest absolute Gasteiger partial charge is 0.392 e. The van der Waals surface area contributed by atoms with Gasteiger partial charge in [-0.2, -0.15) is 0 Å². The second kappa shape index (κ2) is 7.70. The third-order valence-electron chi connectivity index (χ3n) is 2.61. The average molecular weight is 305 g/mol. The lowest BCUT2D eigenvalue weighted by Gasteiger charge is -2.19. The van der Waals surface area contributed by atoms with Crippen LogP contribution in [-0.4, -0.2) is 42.2 Å². The van der Waals surface area contributed by atoms with Crippen molar-refractivity contribution >= 4 is 34.8 Å². The third-order valence-corrected chi connectivity index (χ3v) is 3.35. The van der Waals surface area contributed by atoms with Gasteiger partial charge in [-0.3, -0.25) is 9.69 Å². The van der Waals surface area contributed by atoms with Crippen molar-refractivity contribution in [1.29, 1.82) is 0 Å². The number of nitrogens with one attached hydrogen (secondary N) is 1. The smallest absolute Gasteiger partial charge is 0.238 e. The minimum absolute atomic E-state index is 0.163. The molecule has 0 saturated heterocycles. The van der Waals surface area contributed by atoms with Crippen molar-refractivity contribution in [2.24, 2.45) is 0 Å². The first kappa shape index (κ1) is 16.2. The van der Waals surface area contributed by atoms with Gasteiger partial charge in [0.1, 0.15) is 0 Å². The van der Waals surface area contributed by atoms with Crippen molar-refractivity contribution < 1.29 is 9.90 Å². The number of halogens is 2. The molecule has 6 heteroatoms. The summed E-state index contributed by atoms with van der Waals surface area (Å²) in [6.45, 7) is 2.57. The lowest BCUT2D eigenvalue weighted by atomic mass is 10.2. The van der Waals surface area contributed by atoms with Crippen LogP contribution in [0.25, 0.3) is 0 Å². The highest BCUT2D eigenvalue weighted by Crippen LogP contribution is 2.24. The van der Waals surface area contributed by atoms with Crippen LogP contribution in [0.5, 0.6) is 0 Å². The first-order valence-corrected chi connectivity index (χ1v) is 6.79. The fourth-order valence-electron chi connectivity index (χ4n) is 1.57. The number of carbonyl (C=O) groups is 1. The number of carbonyl (C=O) groups excluding carboxylic acids is 1. The summed E-state index contributed by atoms with van der Waals surface area (Å²) in [4.78, 5) is 13.5. The van der Waals surface area contributed by atoms with Crippen molar-refractivity contribution in [2.75, 3.05) is 25.5 Å². The molecule has 0 spiro atoms. The molecule has 19 heavy (non-hydrogen) atoms. The maximum atomic E-state index is 11.8. The summed E-state index contributed by atoms with van der Waals surface area (Å²) in [6, 6.07) is 4.92. The lowest BCUT2D eigenvalue weighted by Crippen LogP contribution is -2.35. The molecule has 1 rings (SSSR count). The molecule has 4 nitrogen and oxygen atoms in total. The summed E-state index contributed by atoms with van der Waals surface area (Å²) in [5, 5.41) is 13.1. The quantitative estimate of drug-likeness (QED) is 0.849. The number of benzene rings is 1. The van der Waals surface area contributed by atoms with Gasteiger partial charge in [-0.05, 0) is 31.7 Å². The second-order valence-electron chi connectivity index (χ2n) is 4.44. The van der Waals surface area contributed by atoms with Crippen LogP contribution >= 0.6 is 23.2 Å². The van der Waals surface area contributed by atoms with Crippen molar-refractivity contribution in [3.8, 4) is 0 Å². The molecule has 0 radical (unpaired) electrons. The number of aliphatic hydroxyl groups is 1. The highest BCUT2D eigenvalue weighted by Gasteiger charge is 2.11. The first-order chi connectivity index (χ1) is 8.92. The van der Waals surface area contributed by atoms with E-state index in [0.717, 1.165) is 0 Å². The predicted octanol–water partition coefficient (Wildman–Crippen LogP) is 2.63. The number of rotatable bonds is 6. The summed E-state index contributed by atoms with van der Waals surface area (Å²) in [5.41, 5.74) is 0.601. The summed E-state index contributed by atoms with van der Waals surface area (Å²) in [7, 11) is 1.79. The fourth-order valence-corrected chi connectivity index (χ4v) is 1.87. The lowest BCUT2D eigenvalue weighted by molar-refractivity contribution is -0.117. The number of likely N-dealkylation sites (N-methyl/N-ethyl adjacent to an activating group) is 1. The Hall–Kier alpha value is -0.810. The van der Waals surface area contributed by atoms with E-state index in [9.17, 15) is 9.90 Å². The van der Waals surface area contributed by atoms with Crippen LogP contribution in [0.4, 0.5) is 5.69 Å². The Labute approximate surface area is 123 Å². The zero-order valence-corrected chi connectivity index (χ0v) is 12.5. The summed E-state index contributed by atoms with van der Waals surface area (Å²) >= 11 is 11.7. The SMILES string of the molecule is CCC(O)CN(C)CC(=O)Nc1ccc(Cl)c(Cl)c1. The van der Waals surface area contributed by atoms with Gasteiger partial charge in [0.25, 0.3) is 0 Å². The van der Waals surface area contributed by atoms with E-state index >= 15 is 0 Å². The highest BCUT2D eigenvalue weighted by molar-refractivity contribution is 6.42. The number of nitrogens with zero attached hydrogens (tertiary/aromatic N) is 1. The first-order valence-electron chi connectivity index (χ1n) is 6.04. The van der Waals surface area contributed by atoms with Crippen LogP contribution in [-0.2, 0) is 4.79 Å². The zero-order valence-electron chi connectivity index (χ0n) is 11.0. The Kier molecular flexibility index (Phi) is 6.58. The number of hydrogen-bond acceptors (Lipinski definition) is 3. The molecule has 1 unspecified atom stereocenters. The molecule has 0 aliphatic heterocycles. The molecule has 1 aromatic carbocycles. The van der Waals surface area contributed by atoms with Crippen molar-refractivity contribution in [1.82, 2.24) is 4.90 Å². The van der Waals surface area contributed by atoms with Crippen molar-refractivity contribution in [2.45, 2.75) is 19.4 Å². The average Bonchev–Trinajstić information content (AvgIpc) is 2.33. The summed E-state index contributed by atoms with van der Waals surface area (Å²) in [6.07, 6.45) is 0.251. The van der Waals surface area contributed by atoms with Gasteiger partial charge in [-0.15, -0.1) is 0 Å². The Balaban J connectivity index is 2.48. The molecule has 0 fully saturated rings. The van der Waals surface area contributed by atoms with E-state index in [1.807, 2.05) is 6.92 Å².